The Balaban J connectivity index is 2.13. The molecule has 2 aromatic carbocycles. The number of hydrogen-bond acceptors (Lipinski definition) is 3. The third-order valence-electron chi connectivity index (χ3n) is 3.50. The number of aryl methyl sites for hydroxylation is 1. The van der Waals surface area contributed by atoms with Gasteiger partial charge in [-0.1, -0.05) is 31.2 Å². The van der Waals surface area contributed by atoms with Crippen molar-refractivity contribution in [2.75, 3.05) is 7.11 Å². The highest BCUT2D eigenvalue weighted by Gasteiger charge is 2.11. The summed E-state index contributed by atoms with van der Waals surface area (Å²) < 4.78 is 11.1. The molecular weight excluding hydrogens is 264 g/mol. The van der Waals surface area contributed by atoms with Crippen molar-refractivity contribution in [3.63, 3.8) is 0 Å². The van der Waals surface area contributed by atoms with E-state index in [0.29, 0.717) is 12.4 Å². The van der Waals surface area contributed by atoms with Gasteiger partial charge in [0.05, 0.1) is 13.2 Å². The van der Waals surface area contributed by atoms with Crippen LogP contribution in [0.1, 0.15) is 36.6 Å². The molecule has 0 radical (unpaired) electrons. The Morgan fingerprint density at radius 2 is 1.71 bits per heavy atom. The van der Waals surface area contributed by atoms with Gasteiger partial charge in [0, 0.05) is 11.6 Å². The van der Waals surface area contributed by atoms with E-state index in [1.807, 2.05) is 18.2 Å². The summed E-state index contributed by atoms with van der Waals surface area (Å²) in [5.74, 6) is 1.37. The Morgan fingerprint density at radius 1 is 1.05 bits per heavy atom. The molecule has 3 heteroatoms. The average molecular weight is 286 g/mol. The van der Waals surface area contributed by atoms with Crippen molar-refractivity contribution in [2.45, 2.75) is 33.0 Å². The summed E-state index contributed by atoms with van der Waals surface area (Å²) in [4.78, 5) is 0. The van der Waals surface area contributed by atoms with E-state index in [1.165, 1.54) is 5.56 Å². The second kappa shape index (κ2) is 7.14. The fourth-order valence-corrected chi connectivity index (χ4v) is 2.14. The predicted molar refractivity (Wildman–Crippen MR) is 83.8 cm³/mol. The van der Waals surface area contributed by atoms with Gasteiger partial charge in [0.2, 0.25) is 0 Å². The number of ether oxygens (including phenoxy) is 2. The number of methoxy groups -OCH3 is 1. The molecule has 0 aliphatic carbocycles. The van der Waals surface area contributed by atoms with Crippen molar-refractivity contribution in [1.82, 2.24) is 0 Å². The number of aliphatic hydroxyl groups is 1. The molecule has 112 valence electrons. The maximum absolute atomic E-state index is 9.81. The van der Waals surface area contributed by atoms with Gasteiger partial charge in [0.1, 0.15) is 18.1 Å². The third-order valence-corrected chi connectivity index (χ3v) is 3.50. The molecular formula is C18H22O3. The van der Waals surface area contributed by atoms with Crippen LogP contribution in [0.2, 0.25) is 0 Å². The maximum atomic E-state index is 9.81. The lowest BCUT2D eigenvalue weighted by molar-refractivity contribution is 0.190. The molecule has 1 N–H and O–H groups in total. The summed E-state index contributed by atoms with van der Waals surface area (Å²) in [7, 11) is 1.62. The molecule has 2 aromatic rings. The molecule has 0 amide bonds. The van der Waals surface area contributed by atoms with Gasteiger partial charge in [-0.05, 0) is 36.6 Å². The van der Waals surface area contributed by atoms with E-state index in [2.05, 4.69) is 31.2 Å². The zero-order valence-electron chi connectivity index (χ0n) is 12.8. The SMILES string of the molecule is CCc1ccc(COc2cc(OC)ccc2[C@@H](C)O)cc1. The van der Waals surface area contributed by atoms with Crippen molar-refractivity contribution in [1.29, 1.82) is 0 Å². The van der Waals surface area contributed by atoms with Crippen molar-refractivity contribution in [2.24, 2.45) is 0 Å². The van der Waals surface area contributed by atoms with E-state index < -0.39 is 6.10 Å². The molecule has 0 fully saturated rings. The van der Waals surface area contributed by atoms with Gasteiger partial charge in [0.15, 0.2) is 0 Å². The van der Waals surface area contributed by atoms with Gasteiger partial charge < -0.3 is 14.6 Å². The molecule has 0 aliphatic heterocycles. The number of aliphatic hydroxyl groups excluding tert-OH is 1. The predicted octanol–water partition coefficient (Wildman–Crippen LogP) is 3.89. The van der Waals surface area contributed by atoms with Crippen LogP contribution in [0.5, 0.6) is 11.5 Å². The molecule has 3 nitrogen and oxygen atoms in total. The van der Waals surface area contributed by atoms with E-state index >= 15 is 0 Å². The van der Waals surface area contributed by atoms with Crippen molar-refractivity contribution in [3.8, 4) is 11.5 Å². The van der Waals surface area contributed by atoms with Crippen LogP contribution < -0.4 is 9.47 Å². The summed E-state index contributed by atoms with van der Waals surface area (Å²) in [5.41, 5.74) is 3.18. The average Bonchev–Trinajstić information content (AvgIpc) is 2.52. The van der Waals surface area contributed by atoms with Crippen LogP contribution in [-0.4, -0.2) is 12.2 Å². The first-order chi connectivity index (χ1) is 10.1. The third kappa shape index (κ3) is 3.99. The molecule has 0 spiro atoms. The van der Waals surface area contributed by atoms with E-state index in [0.717, 1.165) is 23.3 Å². The lowest BCUT2D eigenvalue weighted by atomic mass is 10.1. The normalized spacial score (nSPS) is 12.0. The summed E-state index contributed by atoms with van der Waals surface area (Å²) in [6.45, 7) is 4.33. The minimum atomic E-state index is -0.576. The molecule has 1 atom stereocenters. The fourth-order valence-electron chi connectivity index (χ4n) is 2.14. The van der Waals surface area contributed by atoms with E-state index in [4.69, 9.17) is 9.47 Å². The molecule has 0 bridgehead atoms. The highest BCUT2D eigenvalue weighted by Crippen LogP contribution is 2.30. The Hall–Kier alpha value is -2.00. The van der Waals surface area contributed by atoms with Gasteiger partial charge in [-0.25, -0.2) is 0 Å². The Morgan fingerprint density at radius 3 is 2.29 bits per heavy atom. The number of benzene rings is 2. The lowest BCUT2D eigenvalue weighted by Gasteiger charge is -2.15. The van der Waals surface area contributed by atoms with Gasteiger partial charge in [-0.15, -0.1) is 0 Å². The quantitative estimate of drug-likeness (QED) is 0.875. The van der Waals surface area contributed by atoms with Gasteiger partial charge >= 0.3 is 0 Å². The monoisotopic (exact) mass is 286 g/mol. The first-order valence-corrected chi connectivity index (χ1v) is 7.20. The topological polar surface area (TPSA) is 38.7 Å². The molecule has 2 rings (SSSR count). The Bertz CT molecular complexity index is 574. The smallest absolute Gasteiger partial charge is 0.129 e. The molecule has 0 unspecified atom stereocenters. The molecule has 21 heavy (non-hydrogen) atoms. The van der Waals surface area contributed by atoms with Crippen LogP contribution in [0.4, 0.5) is 0 Å². The van der Waals surface area contributed by atoms with Crippen LogP contribution in [0.25, 0.3) is 0 Å². The summed E-state index contributed by atoms with van der Waals surface area (Å²) in [6, 6.07) is 13.8. The summed E-state index contributed by atoms with van der Waals surface area (Å²) in [6.07, 6.45) is 0.455. The van der Waals surface area contributed by atoms with Crippen LogP contribution in [0.3, 0.4) is 0 Å². The second-order valence-electron chi connectivity index (χ2n) is 5.04. The molecule has 0 saturated carbocycles. The van der Waals surface area contributed by atoms with Gasteiger partial charge in [-0.2, -0.15) is 0 Å². The Kier molecular flexibility index (Phi) is 5.23. The molecule has 0 aliphatic rings. The summed E-state index contributed by atoms with van der Waals surface area (Å²) >= 11 is 0. The van der Waals surface area contributed by atoms with Crippen molar-refractivity contribution in [3.05, 3.63) is 59.2 Å². The largest absolute Gasteiger partial charge is 0.497 e. The van der Waals surface area contributed by atoms with Gasteiger partial charge in [-0.3, -0.25) is 0 Å². The minimum absolute atomic E-state index is 0.469. The molecule has 0 saturated heterocycles. The minimum Gasteiger partial charge on any atom is -0.497 e. The zero-order valence-corrected chi connectivity index (χ0v) is 12.8. The van der Waals surface area contributed by atoms with Crippen LogP contribution >= 0.6 is 0 Å². The highest BCUT2D eigenvalue weighted by atomic mass is 16.5. The van der Waals surface area contributed by atoms with E-state index in [1.54, 1.807) is 14.0 Å². The first-order valence-electron chi connectivity index (χ1n) is 7.20. The molecule has 0 heterocycles. The van der Waals surface area contributed by atoms with E-state index in [9.17, 15) is 5.11 Å². The van der Waals surface area contributed by atoms with Crippen LogP contribution in [-0.2, 0) is 13.0 Å². The fraction of sp³-hybridized carbons (Fsp3) is 0.333. The zero-order chi connectivity index (χ0) is 15.2. The highest BCUT2D eigenvalue weighted by molar-refractivity contribution is 5.42. The first kappa shape index (κ1) is 15.4. The standard InChI is InChI=1S/C18H22O3/c1-4-14-5-7-15(8-6-14)12-21-18-11-16(20-3)9-10-17(18)13(2)19/h5-11,13,19H,4,12H2,1-3H3/t13-/m1/s1. The van der Waals surface area contributed by atoms with E-state index in [-0.39, 0.29) is 0 Å². The van der Waals surface area contributed by atoms with Crippen LogP contribution in [0, 0.1) is 0 Å². The lowest BCUT2D eigenvalue weighted by Crippen LogP contribution is -2.01. The number of rotatable bonds is 6. The van der Waals surface area contributed by atoms with Crippen LogP contribution in [0.15, 0.2) is 42.5 Å². The number of hydrogen-bond donors (Lipinski definition) is 1. The maximum Gasteiger partial charge on any atom is 0.129 e. The van der Waals surface area contributed by atoms with Crippen molar-refractivity contribution >= 4 is 0 Å². The second-order valence-corrected chi connectivity index (χ2v) is 5.04. The summed E-state index contributed by atoms with van der Waals surface area (Å²) in [5, 5.41) is 9.81. The van der Waals surface area contributed by atoms with Gasteiger partial charge in [0.25, 0.3) is 0 Å². The Labute approximate surface area is 126 Å². The van der Waals surface area contributed by atoms with Crippen molar-refractivity contribution < 1.29 is 14.6 Å². The molecule has 0 aromatic heterocycles.